The van der Waals surface area contributed by atoms with Crippen LogP contribution in [0.25, 0.3) is 0 Å². The number of hydrogen-bond donors (Lipinski definition) is 2. The van der Waals surface area contributed by atoms with Crippen molar-refractivity contribution in [2.75, 3.05) is 0 Å². The van der Waals surface area contributed by atoms with Crippen LogP contribution < -0.4 is 11.5 Å². The van der Waals surface area contributed by atoms with Gasteiger partial charge in [0.1, 0.15) is 0 Å². The summed E-state index contributed by atoms with van der Waals surface area (Å²) in [6.45, 7) is 3.43. The fourth-order valence-electron chi connectivity index (χ4n) is 0.244. The summed E-state index contributed by atoms with van der Waals surface area (Å²) in [5, 5.41) is 0.517. The van der Waals surface area contributed by atoms with Crippen LogP contribution in [0.15, 0.2) is 35.7 Å². The van der Waals surface area contributed by atoms with Crippen molar-refractivity contribution in [3.8, 4) is 0 Å². The van der Waals surface area contributed by atoms with Gasteiger partial charge in [0, 0.05) is 5.03 Å². The van der Waals surface area contributed by atoms with Gasteiger partial charge in [-0.2, -0.15) is 0 Å². The summed E-state index contributed by atoms with van der Waals surface area (Å²) in [4.78, 5) is 0. The van der Waals surface area contributed by atoms with Crippen molar-refractivity contribution in [2.24, 2.45) is 11.5 Å². The van der Waals surface area contributed by atoms with Crippen LogP contribution in [-0.4, -0.2) is 0 Å². The van der Waals surface area contributed by atoms with Gasteiger partial charge in [0.05, 0.1) is 5.82 Å². The molecule has 9 heavy (non-hydrogen) atoms. The highest BCUT2D eigenvalue weighted by molar-refractivity contribution is 6.31. The Hall–Kier alpha value is -0.890. The molecular weight excluding hydrogens is 136 g/mol. The molecule has 0 atom stereocenters. The van der Waals surface area contributed by atoms with E-state index in [0.29, 0.717) is 5.03 Å². The first-order valence-electron chi connectivity index (χ1n) is 2.37. The minimum atomic E-state index is 0.231. The molecule has 3 heteroatoms. The Morgan fingerprint density at radius 3 is 2.22 bits per heavy atom. The molecule has 0 heterocycles. The number of hydrogen-bond acceptors (Lipinski definition) is 2. The van der Waals surface area contributed by atoms with Crippen LogP contribution >= 0.6 is 11.6 Å². The number of allylic oxidation sites excluding steroid dienone is 4. The Morgan fingerprint density at radius 1 is 1.33 bits per heavy atom. The van der Waals surface area contributed by atoms with Crippen molar-refractivity contribution < 1.29 is 0 Å². The first-order valence-corrected chi connectivity index (χ1v) is 2.75. The largest absolute Gasteiger partial charge is 0.386 e. The molecule has 50 valence electrons. The third kappa shape index (κ3) is 4.97. The molecule has 0 fully saturated rings. The van der Waals surface area contributed by atoms with E-state index < -0.39 is 0 Å². The van der Waals surface area contributed by atoms with Gasteiger partial charge in [0.25, 0.3) is 0 Å². The molecule has 0 spiro atoms. The van der Waals surface area contributed by atoms with E-state index in [0.717, 1.165) is 0 Å². The Kier molecular flexibility index (Phi) is 3.64. The van der Waals surface area contributed by atoms with E-state index >= 15 is 0 Å². The number of nitrogens with two attached hydrogens (primary N) is 2. The van der Waals surface area contributed by atoms with Gasteiger partial charge in [-0.15, -0.1) is 0 Å². The fourth-order valence-corrected chi connectivity index (χ4v) is 0.307. The Morgan fingerprint density at radius 2 is 1.89 bits per heavy atom. The molecule has 0 radical (unpaired) electrons. The molecule has 0 aliphatic rings. The van der Waals surface area contributed by atoms with E-state index in [2.05, 4.69) is 6.58 Å². The molecule has 0 aliphatic heterocycles. The predicted molar refractivity (Wildman–Crippen MR) is 40.6 cm³/mol. The van der Waals surface area contributed by atoms with Gasteiger partial charge in [0.2, 0.25) is 0 Å². The molecule has 0 unspecified atom stereocenters. The lowest BCUT2D eigenvalue weighted by Gasteiger charge is -1.85. The molecule has 0 saturated carbocycles. The first kappa shape index (κ1) is 8.11. The van der Waals surface area contributed by atoms with Gasteiger partial charge in [-0.25, -0.2) is 0 Å². The zero-order valence-electron chi connectivity index (χ0n) is 4.97. The summed E-state index contributed by atoms with van der Waals surface area (Å²) in [5.74, 6) is 0.231. The van der Waals surface area contributed by atoms with Crippen molar-refractivity contribution in [1.82, 2.24) is 0 Å². The van der Waals surface area contributed by atoms with Gasteiger partial charge >= 0.3 is 0 Å². The average Bonchev–Trinajstić information content (AvgIpc) is 1.83. The third-order valence-electron chi connectivity index (χ3n) is 0.630. The molecular formula is C6H9ClN2. The fraction of sp³-hybridized carbons (Fsp3) is 0. The Labute approximate surface area is 59.5 Å². The van der Waals surface area contributed by atoms with Crippen molar-refractivity contribution >= 4 is 11.6 Å². The lowest BCUT2D eigenvalue weighted by Crippen LogP contribution is -2.06. The van der Waals surface area contributed by atoms with E-state index in [9.17, 15) is 0 Å². The maximum Gasteiger partial charge on any atom is 0.0934 e. The lowest BCUT2D eigenvalue weighted by atomic mass is 10.4. The van der Waals surface area contributed by atoms with E-state index in [-0.39, 0.29) is 5.82 Å². The van der Waals surface area contributed by atoms with E-state index in [1.165, 1.54) is 12.2 Å². The summed E-state index contributed by atoms with van der Waals surface area (Å²) < 4.78 is 0. The van der Waals surface area contributed by atoms with Crippen LogP contribution in [-0.2, 0) is 0 Å². The summed E-state index contributed by atoms with van der Waals surface area (Å²) in [7, 11) is 0. The van der Waals surface area contributed by atoms with Crippen molar-refractivity contribution in [1.29, 1.82) is 0 Å². The first-order chi connectivity index (χ1) is 4.16. The van der Waals surface area contributed by atoms with Crippen LogP contribution in [0.3, 0.4) is 0 Å². The summed E-state index contributed by atoms with van der Waals surface area (Å²) in [6.07, 6.45) is 4.58. The second kappa shape index (κ2) is 4.04. The highest BCUT2D eigenvalue weighted by Crippen LogP contribution is 2.00. The standard InChI is InChI=1S/C6H9ClN2/c1-2-5(7)3-4-6(8)9/h2-4H,1,8-9H2/b5-3+. The summed E-state index contributed by atoms with van der Waals surface area (Å²) >= 11 is 5.50. The predicted octanol–water partition coefficient (Wildman–Crippen LogP) is 1.05. The molecule has 0 amide bonds. The molecule has 0 aliphatic carbocycles. The highest BCUT2D eigenvalue weighted by Gasteiger charge is 1.77. The molecule has 4 N–H and O–H groups in total. The van der Waals surface area contributed by atoms with Crippen molar-refractivity contribution in [3.63, 3.8) is 0 Å². The van der Waals surface area contributed by atoms with Crippen LogP contribution in [0.1, 0.15) is 0 Å². The molecule has 0 bridgehead atoms. The Balaban J connectivity index is 3.98. The van der Waals surface area contributed by atoms with Gasteiger partial charge in [-0.05, 0) is 12.2 Å². The van der Waals surface area contributed by atoms with Crippen molar-refractivity contribution in [3.05, 3.63) is 35.7 Å². The lowest BCUT2D eigenvalue weighted by molar-refractivity contribution is 1.25. The van der Waals surface area contributed by atoms with Crippen LogP contribution in [0.5, 0.6) is 0 Å². The molecule has 2 nitrogen and oxygen atoms in total. The summed E-state index contributed by atoms with van der Waals surface area (Å²) in [6, 6.07) is 0. The number of rotatable bonds is 2. The normalized spacial score (nSPS) is 10.6. The van der Waals surface area contributed by atoms with Crippen LogP contribution in [0.2, 0.25) is 0 Å². The number of halogens is 1. The molecule has 0 aromatic carbocycles. The van der Waals surface area contributed by atoms with E-state index in [4.69, 9.17) is 23.1 Å². The van der Waals surface area contributed by atoms with Gasteiger partial charge in [0.15, 0.2) is 0 Å². The van der Waals surface area contributed by atoms with Gasteiger partial charge < -0.3 is 11.5 Å². The van der Waals surface area contributed by atoms with Crippen LogP contribution in [0, 0.1) is 0 Å². The molecule has 0 saturated heterocycles. The van der Waals surface area contributed by atoms with E-state index in [1.54, 1.807) is 6.08 Å². The average molecular weight is 145 g/mol. The minimum Gasteiger partial charge on any atom is -0.386 e. The van der Waals surface area contributed by atoms with Crippen LogP contribution in [0.4, 0.5) is 0 Å². The monoisotopic (exact) mass is 144 g/mol. The third-order valence-corrected chi connectivity index (χ3v) is 0.910. The summed E-state index contributed by atoms with van der Waals surface area (Å²) in [5.41, 5.74) is 10.2. The van der Waals surface area contributed by atoms with E-state index in [1.807, 2.05) is 0 Å². The molecule has 0 aromatic heterocycles. The highest BCUT2D eigenvalue weighted by atomic mass is 35.5. The smallest absolute Gasteiger partial charge is 0.0934 e. The second-order valence-corrected chi connectivity index (χ2v) is 1.86. The maximum atomic E-state index is 5.50. The second-order valence-electron chi connectivity index (χ2n) is 1.42. The topological polar surface area (TPSA) is 52.0 Å². The zero-order chi connectivity index (χ0) is 7.28. The zero-order valence-corrected chi connectivity index (χ0v) is 5.73. The quantitative estimate of drug-likeness (QED) is 0.570. The maximum absolute atomic E-state index is 5.50. The molecule has 0 rings (SSSR count). The van der Waals surface area contributed by atoms with Gasteiger partial charge in [-0.3, -0.25) is 0 Å². The minimum absolute atomic E-state index is 0.231. The molecule has 0 aromatic rings. The SMILES string of the molecule is C=C/C(Cl)=C\C=C(N)N. The van der Waals surface area contributed by atoms with Crippen molar-refractivity contribution in [2.45, 2.75) is 0 Å². The van der Waals surface area contributed by atoms with Gasteiger partial charge in [-0.1, -0.05) is 24.3 Å². The Bertz CT molecular complexity index is 154.